The number of aryl methyl sites for hydroxylation is 1. The quantitative estimate of drug-likeness (QED) is 0.869. The Morgan fingerprint density at radius 1 is 1.41 bits per heavy atom. The average molecular weight is 271 g/mol. The topological polar surface area (TPSA) is 91.9 Å². The SMILES string of the molecule is Cc1csc(NS(=O)(=O)c2ccc(=O)[nH]c2)n1. The van der Waals surface area contributed by atoms with Gasteiger partial charge in [0.1, 0.15) is 4.90 Å². The molecule has 0 atom stereocenters. The van der Waals surface area contributed by atoms with Crippen molar-refractivity contribution in [1.29, 1.82) is 0 Å². The molecule has 0 aliphatic carbocycles. The molecule has 0 aliphatic rings. The molecule has 0 saturated heterocycles. The minimum absolute atomic E-state index is 0.00930. The van der Waals surface area contributed by atoms with Gasteiger partial charge in [0.05, 0.1) is 5.69 Å². The summed E-state index contributed by atoms with van der Waals surface area (Å²) in [6, 6.07) is 2.39. The average Bonchev–Trinajstić information content (AvgIpc) is 2.63. The molecule has 0 amide bonds. The van der Waals surface area contributed by atoms with Crippen LogP contribution in [0.1, 0.15) is 5.69 Å². The number of rotatable bonds is 3. The summed E-state index contributed by atoms with van der Waals surface area (Å²) < 4.78 is 26.0. The molecule has 2 rings (SSSR count). The summed E-state index contributed by atoms with van der Waals surface area (Å²) in [5.41, 5.74) is 0.392. The normalized spacial score (nSPS) is 11.4. The van der Waals surface area contributed by atoms with Gasteiger partial charge in [-0.1, -0.05) is 0 Å². The van der Waals surface area contributed by atoms with Crippen molar-refractivity contribution in [3.8, 4) is 0 Å². The maximum absolute atomic E-state index is 11.9. The summed E-state index contributed by atoms with van der Waals surface area (Å²) in [4.78, 5) is 17.1. The molecule has 2 aromatic rings. The van der Waals surface area contributed by atoms with E-state index in [9.17, 15) is 13.2 Å². The molecule has 0 aromatic carbocycles. The van der Waals surface area contributed by atoms with Gasteiger partial charge >= 0.3 is 0 Å². The first-order valence-corrected chi connectivity index (χ1v) is 6.97. The molecule has 2 N–H and O–H groups in total. The number of pyridine rings is 1. The van der Waals surface area contributed by atoms with Gasteiger partial charge in [-0.15, -0.1) is 11.3 Å². The number of H-pyrrole nitrogens is 1. The second-order valence-electron chi connectivity index (χ2n) is 3.29. The molecule has 2 aromatic heterocycles. The van der Waals surface area contributed by atoms with Gasteiger partial charge in [0, 0.05) is 17.6 Å². The van der Waals surface area contributed by atoms with E-state index < -0.39 is 10.0 Å². The summed E-state index contributed by atoms with van der Waals surface area (Å²) in [6.45, 7) is 1.77. The monoisotopic (exact) mass is 271 g/mol. The van der Waals surface area contributed by atoms with Crippen LogP contribution in [0.25, 0.3) is 0 Å². The molecule has 0 bridgehead atoms. The number of aromatic nitrogens is 2. The second kappa shape index (κ2) is 4.30. The van der Waals surface area contributed by atoms with Crippen molar-refractivity contribution in [2.24, 2.45) is 0 Å². The van der Waals surface area contributed by atoms with Crippen LogP contribution in [-0.2, 0) is 10.0 Å². The standard InChI is InChI=1S/C9H9N3O3S2/c1-6-5-16-9(11-6)12-17(14,15)7-2-3-8(13)10-4-7/h2-5H,1H3,(H,10,13)(H,11,12). The predicted octanol–water partition coefficient (Wildman–Crippen LogP) is 0.941. The first kappa shape index (κ1) is 11.8. The maximum atomic E-state index is 11.9. The Kier molecular flexibility index (Phi) is 2.99. The summed E-state index contributed by atoms with van der Waals surface area (Å²) in [7, 11) is -3.69. The fraction of sp³-hybridized carbons (Fsp3) is 0.111. The number of hydrogen-bond acceptors (Lipinski definition) is 5. The smallest absolute Gasteiger partial charge is 0.265 e. The fourth-order valence-electron chi connectivity index (χ4n) is 1.14. The molecule has 8 heteroatoms. The number of nitrogens with zero attached hydrogens (tertiary/aromatic N) is 1. The van der Waals surface area contributed by atoms with Crippen LogP contribution in [0.3, 0.4) is 0 Å². The Balaban J connectivity index is 2.31. The van der Waals surface area contributed by atoms with Gasteiger partial charge in [-0.3, -0.25) is 9.52 Å². The Morgan fingerprint density at radius 3 is 2.71 bits per heavy atom. The number of aromatic amines is 1. The molecule has 2 heterocycles. The van der Waals surface area contributed by atoms with Crippen LogP contribution < -0.4 is 10.3 Å². The van der Waals surface area contributed by atoms with Crippen molar-refractivity contribution in [3.63, 3.8) is 0 Å². The highest BCUT2D eigenvalue weighted by Gasteiger charge is 2.15. The van der Waals surface area contributed by atoms with Gasteiger partial charge in [-0.25, -0.2) is 13.4 Å². The highest BCUT2D eigenvalue weighted by Crippen LogP contribution is 2.18. The van der Waals surface area contributed by atoms with Gasteiger partial charge < -0.3 is 4.98 Å². The van der Waals surface area contributed by atoms with E-state index in [0.717, 1.165) is 18.0 Å². The Morgan fingerprint density at radius 2 is 2.18 bits per heavy atom. The minimum Gasteiger partial charge on any atom is -0.328 e. The first-order chi connectivity index (χ1) is 7.97. The predicted molar refractivity (Wildman–Crippen MR) is 64.7 cm³/mol. The zero-order chi connectivity index (χ0) is 12.5. The van der Waals surface area contributed by atoms with Gasteiger partial charge in [0.2, 0.25) is 5.56 Å². The first-order valence-electron chi connectivity index (χ1n) is 4.61. The van der Waals surface area contributed by atoms with Gasteiger partial charge in [0.15, 0.2) is 5.13 Å². The zero-order valence-corrected chi connectivity index (χ0v) is 10.4. The Bertz CT molecular complexity index is 667. The molecule has 17 heavy (non-hydrogen) atoms. The number of nitrogens with one attached hydrogen (secondary N) is 2. The summed E-state index contributed by atoms with van der Waals surface area (Å²) in [5.74, 6) is 0. The summed E-state index contributed by atoms with van der Waals surface area (Å²) in [5, 5.41) is 2.04. The van der Waals surface area contributed by atoms with Crippen LogP contribution in [0.5, 0.6) is 0 Å². The lowest BCUT2D eigenvalue weighted by molar-refractivity contribution is 0.600. The largest absolute Gasteiger partial charge is 0.328 e. The highest BCUT2D eigenvalue weighted by molar-refractivity contribution is 7.93. The van der Waals surface area contributed by atoms with Crippen LogP contribution in [0.15, 0.2) is 33.4 Å². The number of anilines is 1. The lowest BCUT2D eigenvalue weighted by Crippen LogP contribution is -2.15. The van der Waals surface area contributed by atoms with E-state index in [1.807, 2.05) is 0 Å². The van der Waals surface area contributed by atoms with E-state index in [-0.39, 0.29) is 10.5 Å². The molecule has 90 valence electrons. The third kappa shape index (κ3) is 2.71. The molecule has 6 nitrogen and oxygen atoms in total. The van der Waals surface area contributed by atoms with E-state index in [0.29, 0.717) is 5.13 Å². The molecule has 0 aliphatic heterocycles. The van der Waals surface area contributed by atoms with E-state index in [1.54, 1.807) is 12.3 Å². The summed E-state index contributed by atoms with van der Waals surface area (Å²) in [6.07, 6.45) is 1.14. The van der Waals surface area contributed by atoms with Crippen molar-refractivity contribution in [2.75, 3.05) is 4.72 Å². The van der Waals surface area contributed by atoms with E-state index in [2.05, 4.69) is 14.7 Å². The minimum atomic E-state index is -3.69. The second-order valence-corrected chi connectivity index (χ2v) is 5.83. The zero-order valence-electron chi connectivity index (χ0n) is 8.80. The van der Waals surface area contributed by atoms with Crippen molar-refractivity contribution in [3.05, 3.63) is 39.8 Å². The van der Waals surface area contributed by atoms with E-state index in [1.165, 1.54) is 17.4 Å². The van der Waals surface area contributed by atoms with E-state index in [4.69, 9.17) is 0 Å². The molecular formula is C9H9N3O3S2. The third-order valence-electron chi connectivity index (χ3n) is 1.91. The summed E-state index contributed by atoms with van der Waals surface area (Å²) >= 11 is 1.20. The van der Waals surface area contributed by atoms with Crippen molar-refractivity contribution >= 4 is 26.5 Å². The van der Waals surface area contributed by atoms with E-state index >= 15 is 0 Å². The van der Waals surface area contributed by atoms with Crippen LogP contribution in [-0.4, -0.2) is 18.4 Å². The van der Waals surface area contributed by atoms with Crippen LogP contribution in [0.2, 0.25) is 0 Å². The Labute approximate surface area is 101 Å². The molecule has 0 spiro atoms. The number of hydrogen-bond donors (Lipinski definition) is 2. The van der Waals surface area contributed by atoms with Crippen molar-refractivity contribution in [2.45, 2.75) is 11.8 Å². The van der Waals surface area contributed by atoms with Crippen molar-refractivity contribution < 1.29 is 8.42 Å². The van der Waals surface area contributed by atoms with Crippen LogP contribution in [0, 0.1) is 6.92 Å². The van der Waals surface area contributed by atoms with Gasteiger partial charge in [-0.05, 0) is 13.0 Å². The molecule has 0 saturated carbocycles. The van der Waals surface area contributed by atoms with Gasteiger partial charge in [0.25, 0.3) is 10.0 Å². The molecule has 0 radical (unpaired) electrons. The molecule has 0 unspecified atom stereocenters. The fourth-order valence-corrected chi connectivity index (χ4v) is 3.05. The third-order valence-corrected chi connectivity index (χ3v) is 4.25. The molecule has 0 fully saturated rings. The highest BCUT2D eigenvalue weighted by atomic mass is 32.2. The molecular weight excluding hydrogens is 262 g/mol. The lowest BCUT2D eigenvalue weighted by atomic mass is 10.5. The van der Waals surface area contributed by atoms with Crippen LogP contribution >= 0.6 is 11.3 Å². The van der Waals surface area contributed by atoms with Crippen LogP contribution in [0.4, 0.5) is 5.13 Å². The number of sulfonamides is 1. The van der Waals surface area contributed by atoms with Gasteiger partial charge in [-0.2, -0.15) is 0 Å². The van der Waals surface area contributed by atoms with Crippen molar-refractivity contribution in [1.82, 2.24) is 9.97 Å². The maximum Gasteiger partial charge on any atom is 0.265 e. The Hall–Kier alpha value is -1.67. The number of thiazole rings is 1. The lowest BCUT2D eigenvalue weighted by Gasteiger charge is -2.03.